The number of esters is 2. The predicted molar refractivity (Wildman–Crippen MR) is 117 cm³/mol. The number of nitriles is 1. The predicted octanol–water partition coefficient (Wildman–Crippen LogP) is 1.62. The number of hydrogen-bond donors (Lipinski definition) is 1. The lowest BCUT2D eigenvalue weighted by Crippen LogP contribution is -2.43. The Morgan fingerprint density at radius 2 is 2.00 bits per heavy atom. The highest BCUT2D eigenvalue weighted by Crippen LogP contribution is 2.41. The summed E-state index contributed by atoms with van der Waals surface area (Å²) in [7, 11) is 0. The van der Waals surface area contributed by atoms with Gasteiger partial charge >= 0.3 is 11.9 Å². The van der Waals surface area contributed by atoms with E-state index in [1.165, 1.54) is 10.8 Å². The van der Waals surface area contributed by atoms with Crippen molar-refractivity contribution in [2.75, 3.05) is 6.61 Å². The number of carbonyl (C=O) groups is 2. The molecule has 34 heavy (non-hydrogen) atoms. The molecule has 0 unspecified atom stereocenters. The average molecular weight is 464 g/mol. The topological polar surface area (TPSA) is 136 Å². The van der Waals surface area contributed by atoms with E-state index in [2.05, 4.69) is 10.1 Å². The van der Waals surface area contributed by atoms with Gasteiger partial charge in [-0.25, -0.2) is 9.50 Å². The molecule has 1 N–H and O–H groups in total. The zero-order valence-corrected chi connectivity index (χ0v) is 18.7. The summed E-state index contributed by atoms with van der Waals surface area (Å²) >= 11 is 0. The van der Waals surface area contributed by atoms with Gasteiger partial charge in [0, 0.05) is 6.42 Å². The second-order valence-electron chi connectivity index (χ2n) is 7.96. The first-order valence-electron chi connectivity index (χ1n) is 10.9. The van der Waals surface area contributed by atoms with Crippen LogP contribution < -0.4 is 0 Å². The van der Waals surface area contributed by atoms with Crippen molar-refractivity contribution in [2.24, 2.45) is 0 Å². The number of benzene rings is 1. The van der Waals surface area contributed by atoms with Crippen molar-refractivity contribution in [2.45, 2.75) is 50.6 Å². The van der Waals surface area contributed by atoms with E-state index >= 15 is 0 Å². The van der Waals surface area contributed by atoms with E-state index < -0.39 is 35.9 Å². The van der Waals surface area contributed by atoms with Crippen LogP contribution in [0.4, 0.5) is 0 Å². The van der Waals surface area contributed by atoms with Crippen LogP contribution in [0.2, 0.25) is 0 Å². The molecule has 1 fully saturated rings. The van der Waals surface area contributed by atoms with E-state index in [9.17, 15) is 20.0 Å². The molecular weight excluding hydrogens is 440 g/mol. The molecule has 4 rings (SSSR count). The van der Waals surface area contributed by atoms with Gasteiger partial charge in [-0.05, 0) is 24.6 Å². The maximum Gasteiger partial charge on any atom is 0.310 e. The van der Waals surface area contributed by atoms with Crippen LogP contribution >= 0.6 is 0 Å². The van der Waals surface area contributed by atoms with Crippen molar-refractivity contribution < 1.29 is 28.9 Å². The Hall–Kier alpha value is -3.81. The van der Waals surface area contributed by atoms with Crippen molar-refractivity contribution in [1.82, 2.24) is 14.6 Å². The Labute approximate surface area is 195 Å². The van der Waals surface area contributed by atoms with Gasteiger partial charge in [-0.2, -0.15) is 10.4 Å². The molecule has 10 heteroatoms. The van der Waals surface area contributed by atoms with Gasteiger partial charge in [0.05, 0.1) is 23.3 Å². The lowest BCUT2D eigenvalue weighted by molar-refractivity contribution is -0.159. The second-order valence-corrected chi connectivity index (χ2v) is 7.96. The molecular formula is C24H24N4O6. The minimum absolute atomic E-state index is 0.0401. The third kappa shape index (κ3) is 4.23. The van der Waals surface area contributed by atoms with Crippen molar-refractivity contribution in [1.29, 1.82) is 5.26 Å². The van der Waals surface area contributed by atoms with Crippen LogP contribution in [0.1, 0.15) is 30.3 Å². The molecule has 0 aliphatic carbocycles. The van der Waals surface area contributed by atoms with Crippen LogP contribution in [0, 0.1) is 18.3 Å². The standard InChI is InChI=1S/C24H24N4O6/c1-3-20(29)33-22-18(12-32-21(30)11-16-7-5-4-6-8-16)34-24(13-25,23(22)31)19-10-9-17-15(2)26-14-27-28(17)19/h4-10,14,18,22-23,31H,3,11-12H2,1-2H3/t18-,22-,23-,24+/m1/s1. The van der Waals surface area contributed by atoms with E-state index in [1.807, 2.05) is 24.3 Å². The Bertz CT molecular complexity index is 1240. The summed E-state index contributed by atoms with van der Waals surface area (Å²) in [6, 6.07) is 14.4. The van der Waals surface area contributed by atoms with E-state index in [-0.39, 0.29) is 25.1 Å². The molecule has 1 aromatic carbocycles. The van der Waals surface area contributed by atoms with Crippen LogP contribution in [0.15, 0.2) is 48.8 Å². The molecule has 0 spiro atoms. The molecule has 0 amide bonds. The Morgan fingerprint density at radius 3 is 2.71 bits per heavy atom. The maximum absolute atomic E-state index is 12.4. The number of hydrogen-bond acceptors (Lipinski definition) is 9. The number of aryl methyl sites for hydroxylation is 1. The largest absolute Gasteiger partial charge is 0.463 e. The van der Waals surface area contributed by atoms with Crippen LogP contribution in [-0.4, -0.2) is 56.6 Å². The molecule has 4 atom stereocenters. The van der Waals surface area contributed by atoms with Crippen molar-refractivity contribution in [3.8, 4) is 6.07 Å². The molecule has 10 nitrogen and oxygen atoms in total. The summed E-state index contributed by atoms with van der Waals surface area (Å²) in [5.41, 5.74) is 0.404. The van der Waals surface area contributed by atoms with E-state index in [0.29, 0.717) is 11.2 Å². The smallest absolute Gasteiger partial charge is 0.310 e. The van der Waals surface area contributed by atoms with Crippen LogP contribution in [0.3, 0.4) is 0 Å². The molecule has 3 aromatic rings. The third-order valence-electron chi connectivity index (χ3n) is 5.78. The number of aliphatic hydroxyl groups excluding tert-OH is 1. The molecule has 176 valence electrons. The first-order chi connectivity index (χ1) is 16.4. The number of ether oxygens (including phenoxy) is 3. The minimum atomic E-state index is -1.91. The zero-order valence-electron chi connectivity index (χ0n) is 18.7. The van der Waals surface area contributed by atoms with Crippen LogP contribution in [0.25, 0.3) is 5.52 Å². The first-order valence-corrected chi connectivity index (χ1v) is 10.9. The maximum atomic E-state index is 12.4. The summed E-state index contributed by atoms with van der Waals surface area (Å²) in [4.78, 5) is 28.6. The molecule has 0 bridgehead atoms. The Balaban J connectivity index is 1.61. The zero-order chi connectivity index (χ0) is 24.3. The number of carbonyl (C=O) groups excluding carboxylic acids is 2. The highest BCUT2D eigenvalue weighted by Gasteiger charge is 2.59. The quantitative estimate of drug-likeness (QED) is 0.517. The first kappa shape index (κ1) is 23.4. The summed E-state index contributed by atoms with van der Waals surface area (Å²) in [5, 5.41) is 25.5. The van der Waals surface area contributed by atoms with Gasteiger partial charge in [-0.15, -0.1) is 0 Å². The van der Waals surface area contributed by atoms with E-state index in [1.54, 1.807) is 38.1 Å². The van der Waals surface area contributed by atoms with Gasteiger partial charge in [-0.1, -0.05) is 37.3 Å². The van der Waals surface area contributed by atoms with Gasteiger partial charge in [0.15, 0.2) is 6.10 Å². The molecule has 0 saturated carbocycles. The van der Waals surface area contributed by atoms with Crippen molar-refractivity contribution in [3.63, 3.8) is 0 Å². The Kier molecular flexibility index (Phi) is 6.58. The van der Waals surface area contributed by atoms with E-state index in [0.717, 1.165) is 5.56 Å². The lowest BCUT2D eigenvalue weighted by Gasteiger charge is -2.24. The summed E-state index contributed by atoms with van der Waals surface area (Å²) < 4.78 is 18.3. The number of aliphatic hydroxyl groups is 1. The summed E-state index contributed by atoms with van der Waals surface area (Å²) in [6.45, 7) is 3.08. The molecule has 1 aliphatic heterocycles. The third-order valence-corrected chi connectivity index (χ3v) is 5.78. The van der Waals surface area contributed by atoms with Crippen molar-refractivity contribution in [3.05, 3.63) is 65.7 Å². The average Bonchev–Trinajstić information content (AvgIpc) is 3.39. The highest BCUT2D eigenvalue weighted by atomic mass is 16.6. The Morgan fingerprint density at radius 1 is 1.24 bits per heavy atom. The van der Waals surface area contributed by atoms with Gasteiger partial charge in [0.1, 0.15) is 31.2 Å². The summed E-state index contributed by atoms with van der Waals surface area (Å²) in [6.07, 6.45) is -2.43. The molecule has 3 heterocycles. The fourth-order valence-corrected chi connectivity index (χ4v) is 4.00. The summed E-state index contributed by atoms with van der Waals surface area (Å²) in [5.74, 6) is -1.10. The van der Waals surface area contributed by atoms with E-state index in [4.69, 9.17) is 14.2 Å². The fourth-order valence-electron chi connectivity index (χ4n) is 4.00. The normalized spacial score (nSPS) is 24.0. The second kappa shape index (κ2) is 9.59. The van der Waals surface area contributed by atoms with Gasteiger partial charge in [0.2, 0.25) is 5.60 Å². The highest BCUT2D eigenvalue weighted by molar-refractivity contribution is 5.72. The number of rotatable bonds is 7. The van der Waals surface area contributed by atoms with Gasteiger partial charge in [0.25, 0.3) is 0 Å². The number of fused-ring (bicyclic) bond motifs is 1. The van der Waals surface area contributed by atoms with Crippen LogP contribution in [-0.2, 0) is 35.8 Å². The monoisotopic (exact) mass is 464 g/mol. The minimum Gasteiger partial charge on any atom is -0.463 e. The molecule has 1 aliphatic rings. The molecule has 1 saturated heterocycles. The number of nitrogens with zero attached hydrogens (tertiary/aromatic N) is 4. The number of aromatic nitrogens is 3. The SMILES string of the molecule is CCC(=O)O[C@H]1[C@@H](O)[C@](C#N)(c2ccc3c(C)ncnn23)O[C@@H]1COC(=O)Cc1ccccc1. The van der Waals surface area contributed by atoms with Crippen molar-refractivity contribution >= 4 is 17.5 Å². The lowest BCUT2D eigenvalue weighted by atomic mass is 9.92. The van der Waals surface area contributed by atoms with Gasteiger partial charge in [-0.3, -0.25) is 9.59 Å². The molecule has 2 aromatic heterocycles. The molecule has 0 radical (unpaired) electrons. The fraction of sp³-hybridized carbons (Fsp3) is 0.375. The van der Waals surface area contributed by atoms with Crippen LogP contribution in [0.5, 0.6) is 0 Å². The van der Waals surface area contributed by atoms with Gasteiger partial charge < -0.3 is 19.3 Å².